The Bertz CT molecular complexity index is 418. The van der Waals surface area contributed by atoms with E-state index in [0.29, 0.717) is 26.3 Å². The average Bonchev–Trinajstić information content (AvgIpc) is 2.45. The van der Waals surface area contributed by atoms with E-state index in [2.05, 4.69) is 37.7 Å². The van der Waals surface area contributed by atoms with Crippen molar-refractivity contribution < 1.29 is 17.9 Å². The van der Waals surface area contributed by atoms with Crippen LogP contribution in [0.25, 0.3) is 0 Å². The molecule has 1 fully saturated rings. The third-order valence-corrected chi connectivity index (χ3v) is 5.95. The summed E-state index contributed by atoms with van der Waals surface area (Å²) in [7, 11) is 2.45. The largest absolute Gasteiger partial charge is 0.382 e. The summed E-state index contributed by atoms with van der Waals surface area (Å²) >= 11 is 0. The highest BCUT2D eigenvalue weighted by Crippen LogP contribution is 2.18. The van der Waals surface area contributed by atoms with Crippen molar-refractivity contribution in [2.75, 3.05) is 73.0 Å². The summed E-state index contributed by atoms with van der Waals surface area (Å²) in [4.78, 5) is 4.54. The highest BCUT2D eigenvalue weighted by molar-refractivity contribution is 7.89. The van der Waals surface area contributed by atoms with Gasteiger partial charge >= 0.3 is 0 Å². The van der Waals surface area contributed by atoms with E-state index in [1.54, 1.807) is 11.4 Å². The van der Waals surface area contributed by atoms with Crippen molar-refractivity contribution in [1.82, 2.24) is 14.1 Å². The van der Waals surface area contributed by atoms with Gasteiger partial charge in [-0.05, 0) is 27.9 Å². The van der Waals surface area contributed by atoms with Gasteiger partial charge in [0, 0.05) is 45.4 Å². The molecule has 0 saturated carbocycles. The second-order valence-electron chi connectivity index (χ2n) is 6.48. The van der Waals surface area contributed by atoms with E-state index in [1.165, 1.54) is 0 Å². The van der Waals surface area contributed by atoms with Crippen LogP contribution < -0.4 is 0 Å². The van der Waals surface area contributed by atoms with E-state index in [9.17, 15) is 8.42 Å². The minimum absolute atomic E-state index is 0.0356. The van der Waals surface area contributed by atoms with Crippen molar-refractivity contribution in [1.29, 1.82) is 0 Å². The molecule has 0 aromatic heterocycles. The first-order valence-corrected chi connectivity index (χ1v) is 9.83. The molecule has 0 bridgehead atoms. The summed E-state index contributed by atoms with van der Waals surface area (Å²) in [5.41, 5.74) is 0. The number of piperazine rings is 1. The standard InChI is InChI=1S/C15H33N3O4S/c1-14-12-17(13-15(2)18(14)7-6-16(3)4)23(19,20)11-10-22-9-8-21-5/h14-15H,6-13H2,1-5H3. The van der Waals surface area contributed by atoms with Crippen molar-refractivity contribution in [3.8, 4) is 0 Å². The lowest BCUT2D eigenvalue weighted by atomic mass is 10.1. The smallest absolute Gasteiger partial charge is 0.216 e. The van der Waals surface area contributed by atoms with Crippen LogP contribution in [0, 0.1) is 0 Å². The summed E-state index contributed by atoms with van der Waals surface area (Å²) in [6.45, 7) is 8.38. The Labute approximate surface area is 141 Å². The van der Waals surface area contributed by atoms with Gasteiger partial charge in [0.15, 0.2) is 0 Å². The summed E-state index contributed by atoms with van der Waals surface area (Å²) in [5, 5.41) is 0. The average molecular weight is 352 g/mol. The van der Waals surface area contributed by atoms with Crippen molar-refractivity contribution in [2.45, 2.75) is 25.9 Å². The van der Waals surface area contributed by atoms with Crippen molar-refractivity contribution >= 4 is 10.0 Å². The molecule has 0 N–H and O–H groups in total. The lowest BCUT2D eigenvalue weighted by Crippen LogP contribution is -2.59. The Morgan fingerprint density at radius 2 is 1.70 bits per heavy atom. The third kappa shape index (κ3) is 7.03. The van der Waals surface area contributed by atoms with Crippen LogP contribution in [0.15, 0.2) is 0 Å². The van der Waals surface area contributed by atoms with Crippen molar-refractivity contribution in [3.05, 3.63) is 0 Å². The molecule has 1 rings (SSSR count). The summed E-state index contributed by atoms with van der Waals surface area (Å²) < 4.78 is 36.7. The second kappa shape index (κ2) is 9.90. The highest BCUT2D eigenvalue weighted by Gasteiger charge is 2.34. The third-order valence-electron chi connectivity index (χ3n) is 4.18. The van der Waals surface area contributed by atoms with Crippen LogP contribution in [0.2, 0.25) is 0 Å². The van der Waals surface area contributed by atoms with Gasteiger partial charge in [-0.25, -0.2) is 8.42 Å². The first-order valence-electron chi connectivity index (χ1n) is 8.23. The van der Waals surface area contributed by atoms with Crippen LogP contribution in [0.3, 0.4) is 0 Å². The minimum atomic E-state index is -3.26. The van der Waals surface area contributed by atoms with Crippen LogP contribution in [0.1, 0.15) is 13.8 Å². The molecule has 0 radical (unpaired) electrons. The predicted octanol–water partition coefficient (Wildman–Crippen LogP) is -0.0646. The number of sulfonamides is 1. The van der Waals surface area contributed by atoms with Gasteiger partial charge in [0.2, 0.25) is 10.0 Å². The molecule has 1 aliphatic rings. The zero-order valence-electron chi connectivity index (χ0n) is 15.2. The summed E-state index contributed by atoms with van der Waals surface area (Å²) in [6, 6.07) is 0.450. The normalized spacial score (nSPS) is 24.4. The molecule has 1 heterocycles. The molecule has 138 valence electrons. The lowest BCUT2D eigenvalue weighted by Gasteiger charge is -2.44. The lowest BCUT2D eigenvalue weighted by molar-refractivity contribution is 0.0676. The number of rotatable bonds is 10. The number of likely N-dealkylation sites (N-methyl/N-ethyl adjacent to an activating group) is 1. The first-order chi connectivity index (χ1) is 10.8. The van der Waals surface area contributed by atoms with Gasteiger partial charge in [-0.15, -0.1) is 0 Å². The van der Waals surface area contributed by atoms with Gasteiger partial charge in [-0.1, -0.05) is 0 Å². The van der Waals surface area contributed by atoms with Crippen molar-refractivity contribution in [2.24, 2.45) is 0 Å². The molecule has 8 heteroatoms. The second-order valence-corrected chi connectivity index (χ2v) is 8.57. The molecule has 0 amide bonds. The van der Waals surface area contributed by atoms with Gasteiger partial charge in [-0.3, -0.25) is 4.90 Å². The summed E-state index contributed by atoms with van der Waals surface area (Å²) in [5.74, 6) is 0.0356. The number of nitrogens with zero attached hydrogens (tertiary/aromatic N) is 3. The first kappa shape index (κ1) is 20.8. The van der Waals surface area contributed by atoms with E-state index >= 15 is 0 Å². The topological polar surface area (TPSA) is 62.3 Å². The predicted molar refractivity (Wildman–Crippen MR) is 92.2 cm³/mol. The van der Waals surface area contributed by atoms with Crippen LogP contribution in [0.5, 0.6) is 0 Å². The molecular formula is C15H33N3O4S. The van der Waals surface area contributed by atoms with E-state index in [4.69, 9.17) is 9.47 Å². The van der Waals surface area contributed by atoms with Gasteiger partial charge in [-0.2, -0.15) is 4.31 Å². The molecule has 1 aliphatic heterocycles. The Hall–Kier alpha value is -0.250. The Morgan fingerprint density at radius 1 is 1.09 bits per heavy atom. The highest BCUT2D eigenvalue weighted by atomic mass is 32.2. The van der Waals surface area contributed by atoms with Gasteiger partial charge in [0.25, 0.3) is 0 Å². The Kier molecular flexibility index (Phi) is 8.95. The molecule has 23 heavy (non-hydrogen) atoms. The number of methoxy groups -OCH3 is 1. The molecular weight excluding hydrogens is 318 g/mol. The molecule has 1 saturated heterocycles. The Balaban J connectivity index is 2.49. The maximum Gasteiger partial charge on any atom is 0.216 e. The monoisotopic (exact) mass is 351 g/mol. The fourth-order valence-corrected chi connectivity index (χ4v) is 4.30. The quantitative estimate of drug-likeness (QED) is 0.514. The van der Waals surface area contributed by atoms with Crippen LogP contribution >= 0.6 is 0 Å². The molecule has 0 aromatic rings. The maximum absolute atomic E-state index is 12.5. The van der Waals surface area contributed by atoms with Gasteiger partial charge in [0.1, 0.15) is 0 Å². The fourth-order valence-electron chi connectivity index (χ4n) is 2.83. The van der Waals surface area contributed by atoms with Gasteiger partial charge in [0.05, 0.1) is 25.6 Å². The number of ether oxygens (including phenoxy) is 2. The SMILES string of the molecule is COCCOCCS(=O)(=O)N1CC(C)N(CCN(C)C)C(C)C1. The zero-order chi connectivity index (χ0) is 17.5. The fraction of sp³-hybridized carbons (Fsp3) is 1.00. The number of hydrogen-bond donors (Lipinski definition) is 0. The maximum atomic E-state index is 12.5. The van der Waals surface area contributed by atoms with Crippen LogP contribution in [-0.4, -0.2) is 108 Å². The van der Waals surface area contributed by atoms with E-state index < -0.39 is 10.0 Å². The number of hydrogen-bond acceptors (Lipinski definition) is 6. The zero-order valence-corrected chi connectivity index (χ0v) is 16.0. The molecule has 2 unspecified atom stereocenters. The van der Waals surface area contributed by atoms with E-state index in [-0.39, 0.29) is 24.4 Å². The minimum Gasteiger partial charge on any atom is -0.382 e. The van der Waals surface area contributed by atoms with Crippen LogP contribution in [0.4, 0.5) is 0 Å². The van der Waals surface area contributed by atoms with Gasteiger partial charge < -0.3 is 14.4 Å². The molecule has 0 aliphatic carbocycles. The molecule has 7 nitrogen and oxygen atoms in total. The molecule has 0 spiro atoms. The van der Waals surface area contributed by atoms with E-state index in [1.807, 2.05) is 0 Å². The van der Waals surface area contributed by atoms with Crippen LogP contribution in [-0.2, 0) is 19.5 Å². The van der Waals surface area contributed by atoms with Crippen molar-refractivity contribution in [3.63, 3.8) is 0 Å². The molecule has 2 atom stereocenters. The van der Waals surface area contributed by atoms with E-state index in [0.717, 1.165) is 13.1 Å². The molecule has 0 aromatic carbocycles. The summed E-state index contributed by atoms with van der Waals surface area (Å²) in [6.07, 6.45) is 0. The Morgan fingerprint density at radius 3 is 2.22 bits per heavy atom.